The Balaban J connectivity index is 1.61. The fourth-order valence-corrected chi connectivity index (χ4v) is 6.99. The van der Waals surface area contributed by atoms with Gasteiger partial charge in [0.15, 0.2) is 0 Å². The van der Waals surface area contributed by atoms with Crippen molar-refractivity contribution >= 4 is 31.6 Å². The second-order valence-corrected chi connectivity index (χ2v) is 14.8. The first-order chi connectivity index (χ1) is 15.7. The summed E-state index contributed by atoms with van der Waals surface area (Å²) in [5.74, 6) is -0.433. The third-order valence-electron chi connectivity index (χ3n) is 6.35. The SMILES string of the molecule is C[C@@H]1CN(S(=O)(=O)c2cccc(NC(=O)[C@H]3CC[C@H](NS(=O)(=O)C(C)(C)C)CC3)c2)C[C@H](C)O1. The number of ether oxygens (including phenoxy) is 1. The van der Waals surface area contributed by atoms with Crippen LogP contribution in [0.5, 0.6) is 0 Å². The number of hydrogen-bond acceptors (Lipinski definition) is 6. The maximum absolute atomic E-state index is 13.1. The van der Waals surface area contributed by atoms with Crippen molar-refractivity contribution in [3.05, 3.63) is 24.3 Å². The van der Waals surface area contributed by atoms with Crippen LogP contribution >= 0.6 is 0 Å². The first-order valence-electron chi connectivity index (χ1n) is 11.8. The Labute approximate surface area is 203 Å². The van der Waals surface area contributed by atoms with Gasteiger partial charge in [0.25, 0.3) is 0 Å². The van der Waals surface area contributed by atoms with Crippen molar-refractivity contribution in [1.29, 1.82) is 0 Å². The van der Waals surface area contributed by atoms with Gasteiger partial charge in [0.2, 0.25) is 26.0 Å². The van der Waals surface area contributed by atoms with Gasteiger partial charge in [-0.15, -0.1) is 0 Å². The summed E-state index contributed by atoms with van der Waals surface area (Å²) in [4.78, 5) is 13.0. The lowest BCUT2D eigenvalue weighted by atomic mass is 9.86. The molecule has 0 radical (unpaired) electrons. The van der Waals surface area contributed by atoms with Crippen molar-refractivity contribution in [2.24, 2.45) is 5.92 Å². The number of benzene rings is 1. The van der Waals surface area contributed by atoms with Gasteiger partial charge in [0.05, 0.1) is 21.9 Å². The van der Waals surface area contributed by atoms with E-state index >= 15 is 0 Å². The Hall–Kier alpha value is -1.53. The zero-order valence-electron chi connectivity index (χ0n) is 20.6. The number of anilines is 1. The van der Waals surface area contributed by atoms with E-state index in [2.05, 4.69) is 10.0 Å². The van der Waals surface area contributed by atoms with Gasteiger partial charge in [-0.2, -0.15) is 4.31 Å². The molecule has 11 heteroatoms. The summed E-state index contributed by atoms with van der Waals surface area (Å²) in [6.45, 7) is 9.22. The molecule has 1 aromatic rings. The topological polar surface area (TPSA) is 122 Å². The molecule has 1 aromatic carbocycles. The highest BCUT2D eigenvalue weighted by Gasteiger charge is 2.35. The van der Waals surface area contributed by atoms with E-state index < -0.39 is 24.8 Å². The molecule has 0 bridgehead atoms. The molecule has 1 heterocycles. The van der Waals surface area contributed by atoms with Crippen LogP contribution in [0, 0.1) is 5.92 Å². The van der Waals surface area contributed by atoms with E-state index in [0.717, 1.165) is 0 Å². The molecule has 1 aliphatic heterocycles. The van der Waals surface area contributed by atoms with Crippen molar-refractivity contribution in [3.63, 3.8) is 0 Å². The van der Waals surface area contributed by atoms with Gasteiger partial charge < -0.3 is 10.1 Å². The van der Waals surface area contributed by atoms with Gasteiger partial charge in [0, 0.05) is 30.7 Å². The standard InChI is InChI=1S/C23H37N3O6S2/c1-16-14-26(15-17(2)32-16)33(28,29)21-8-6-7-20(13-21)24-22(27)18-9-11-19(12-10-18)25-34(30,31)23(3,4)5/h6-8,13,16-19,25H,9-12,14-15H2,1-5H3,(H,24,27)/t16-,17+,18-,19-. The maximum Gasteiger partial charge on any atom is 0.243 e. The molecule has 0 spiro atoms. The second-order valence-electron chi connectivity index (χ2n) is 10.4. The fraction of sp³-hybridized carbons (Fsp3) is 0.696. The molecule has 1 saturated heterocycles. The Morgan fingerprint density at radius 3 is 2.15 bits per heavy atom. The maximum atomic E-state index is 13.1. The van der Waals surface area contributed by atoms with Crippen LogP contribution < -0.4 is 10.0 Å². The number of hydrogen-bond donors (Lipinski definition) is 2. The lowest BCUT2D eigenvalue weighted by Gasteiger charge is -2.34. The minimum absolute atomic E-state index is 0.131. The quantitative estimate of drug-likeness (QED) is 0.601. The highest BCUT2D eigenvalue weighted by molar-refractivity contribution is 7.90. The van der Waals surface area contributed by atoms with Crippen LogP contribution in [-0.4, -0.2) is 63.1 Å². The van der Waals surface area contributed by atoms with Crippen LogP contribution in [-0.2, 0) is 29.6 Å². The zero-order chi connectivity index (χ0) is 25.3. The van der Waals surface area contributed by atoms with E-state index in [1.165, 1.54) is 16.4 Å². The molecule has 2 atom stereocenters. The largest absolute Gasteiger partial charge is 0.373 e. The molecule has 9 nitrogen and oxygen atoms in total. The summed E-state index contributed by atoms with van der Waals surface area (Å²) in [7, 11) is -7.15. The third kappa shape index (κ3) is 6.37. The molecule has 34 heavy (non-hydrogen) atoms. The number of sulfonamides is 2. The minimum atomic E-state index is -3.71. The molecule has 2 fully saturated rings. The van der Waals surface area contributed by atoms with E-state index in [4.69, 9.17) is 4.74 Å². The average molecular weight is 516 g/mol. The van der Waals surface area contributed by atoms with E-state index in [1.54, 1.807) is 32.9 Å². The Morgan fingerprint density at radius 1 is 1.00 bits per heavy atom. The summed E-state index contributed by atoms with van der Waals surface area (Å²) >= 11 is 0. The van der Waals surface area contributed by atoms with Crippen LogP contribution in [0.25, 0.3) is 0 Å². The summed E-state index contributed by atoms with van der Waals surface area (Å²) in [5, 5.41) is 2.85. The van der Waals surface area contributed by atoms with Crippen molar-refractivity contribution < 1.29 is 26.4 Å². The average Bonchev–Trinajstić information content (AvgIpc) is 2.72. The van der Waals surface area contributed by atoms with Gasteiger partial charge >= 0.3 is 0 Å². The molecular formula is C23H37N3O6S2. The number of nitrogens with one attached hydrogen (secondary N) is 2. The molecule has 3 rings (SSSR count). The van der Waals surface area contributed by atoms with E-state index in [-0.39, 0.29) is 48.1 Å². The van der Waals surface area contributed by atoms with Gasteiger partial charge in [-0.25, -0.2) is 21.6 Å². The normalized spacial score (nSPS) is 27.3. The highest BCUT2D eigenvalue weighted by atomic mass is 32.2. The van der Waals surface area contributed by atoms with E-state index in [9.17, 15) is 21.6 Å². The Kier molecular flexibility index (Phi) is 8.13. The highest BCUT2D eigenvalue weighted by Crippen LogP contribution is 2.28. The van der Waals surface area contributed by atoms with E-state index in [0.29, 0.717) is 31.4 Å². The van der Waals surface area contributed by atoms with Gasteiger partial charge in [-0.3, -0.25) is 4.79 Å². The summed E-state index contributed by atoms with van der Waals surface area (Å²) in [5.41, 5.74) is 0.427. The fourth-order valence-electron chi connectivity index (χ4n) is 4.32. The monoisotopic (exact) mass is 515 g/mol. The Bertz CT molecular complexity index is 1080. The van der Waals surface area contributed by atoms with Gasteiger partial charge in [-0.1, -0.05) is 6.07 Å². The molecule has 0 unspecified atom stereocenters. The van der Waals surface area contributed by atoms with Crippen LogP contribution in [0.4, 0.5) is 5.69 Å². The van der Waals surface area contributed by atoms with E-state index in [1.807, 2.05) is 13.8 Å². The molecule has 2 aliphatic rings. The lowest BCUT2D eigenvalue weighted by Crippen LogP contribution is -2.48. The molecule has 1 aliphatic carbocycles. The summed E-state index contributed by atoms with van der Waals surface area (Å²) in [6, 6.07) is 6.13. The predicted molar refractivity (Wildman–Crippen MR) is 131 cm³/mol. The van der Waals surface area contributed by atoms with Crippen molar-refractivity contribution in [1.82, 2.24) is 9.03 Å². The smallest absolute Gasteiger partial charge is 0.243 e. The molecule has 1 saturated carbocycles. The number of rotatable bonds is 6. The summed E-state index contributed by atoms with van der Waals surface area (Å²) in [6.07, 6.45) is 1.90. The second kappa shape index (κ2) is 10.2. The third-order valence-corrected chi connectivity index (χ3v) is 10.4. The molecular weight excluding hydrogens is 478 g/mol. The first kappa shape index (κ1) is 27.1. The molecule has 1 amide bonds. The molecule has 2 N–H and O–H groups in total. The number of amides is 1. The number of morpholine rings is 1. The number of nitrogens with zero attached hydrogens (tertiary/aromatic N) is 1. The van der Waals surface area contributed by atoms with Gasteiger partial charge in [-0.05, 0) is 78.5 Å². The minimum Gasteiger partial charge on any atom is -0.373 e. The molecule has 0 aromatic heterocycles. The van der Waals surface area contributed by atoms with Crippen molar-refractivity contribution in [2.45, 2.75) is 88.2 Å². The van der Waals surface area contributed by atoms with Crippen molar-refractivity contribution in [2.75, 3.05) is 18.4 Å². The lowest BCUT2D eigenvalue weighted by molar-refractivity contribution is -0.120. The first-order valence-corrected chi connectivity index (χ1v) is 14.7. The van der Waals surface area contributed by atoms with Crippen LogP contribution in [0.15, 0.2) is 29.2 Å². The number of carbonyl (C=O) groups is 1. The van der Waals surface area contributed by atoms with Gasteiger partial charge in [0.1, 0.15) is 0 Å². The number of carbonyl (C=O) groups excluding carboxylic acids is 1. The van der Waals surface area contributed by atoms with Crippen molar-refractivity contribution in [3.8, 4) is 0 Å². The predicted octanol–water partition coefficient (Wildman–Crippen LogP) is 2.70. The van der Waals surface area contributed by atoms with Crippen LogP contribution in [0.2, 0.25) is 0 Å². The Morgan fingerprint density at radius 2 is 1.59 bits per heavy atom. The van der Waals surface area contributed by atoms with Crippen LogP contribution in [0.3, 0.4) is 0 Å². The summed E-state index contributed by atoms with van der Waals surface area (Å²) < 4.78 is 60.0. The van der Waals surface area contributed by atoms with Crippen LogP contribution in [0.1, 0.15) is 60.3 Å². The zero-order valence-corrected chi connectivity index (χ0v) is 22.2. The molecule has 192 valence electrons.